The van der Waals surface area contributed by atoms with Crippen LogP contribution in [0.4, 0.5) is 0 Å². The van der Waals surface area contributed by atoms with Gasteiger partial charge >= 0.3 is 0 Å². The highest BCUT2D eigenvalue weighted by atomic mass is 16.5. The molecule has 2 atom stereocenters. The monoisotopic (exact) mass is 168 g/mol. The van der Waals surface area contributed by atoms with Crippen molar-refractivity contribution in [2.24, 2.45) is 5.41 Å². The maximum Gasteiger partial charge on any atom is 0.0930 e. The van der Waals surface area contributed by atoms with Gasteiger partial charge < -0.3 is 9.84 Å². The van der Waals surface area contributed by atoms with Crippen LogP contribution in [0, 0.1) is 5.41 Å². The zero-order valence-corrected chi connectivity index (χ0v) is 7.55. The molecule has 2 fully saturated rings. The fourth-order valence-electron chi connectivity index (χ4n) is 2.74. The Labute approximate surface area is 73.2 Å². The molecule has 0 aromatic rings. The quantitative estimate of drug-likeness (QED) is 0.633. The molecule has 0 aromatic heterocycles. The van der Waals surface area contributed by atoms with Crippen LogP contribution in [0.25, 0.3) is 0 Å². The molecule has 0 aromatic carbocycles. The summed E-state index contributed by atoms with van der Waals surface area (Å²) in [7, 11) is 1.73. The third-order valence-corrected chi connectivity index (χ3v) is 3.84. The Morgan fingerprint density at radius 1 is 1.58 bits per heavy atom. The highest BCUT2D eigenvalue weighted by molar-refractivity contribution is 5.24. The molecule has 0 amide bonds. The number of methoxy groups -OCH3 is 1. The van der Waals surface area contributed by atoms with E-state index in [9.17, 15) is 5.11 Å². The molecule has 2 aliphatic carbocycles. The van der Waals surface area contributed by atoms with Crippen LogP contribution in [-0.2, 0) is 4.74 Å². The fraction of sp³-hybridized carbons (Fsp3) is 0.800. The van der Waals surface area contributed by atoms with Crippen LogP contribution in [0.3, 0.4) is 0 Å². The molecule has 0 saturated heterocycles. The zero-order chi connectivity index (χ0) is 8.82. The van der Waals surface area contributed by atoms with Crippen molar-refractivity contribution in [2.45, 2.75) is 37.4 Å². The van der Waals surface area contributed by atoms with Crippen molar-refractivity contribution >= 4 is 0 Å². The van der Waals surface area contributed by atoms with Crippen molar-refractivity contribution in [1.29, 1.82) is 0 Å². The van der Waals surface area contributed by atoms with Crippen LogP contribution in [0.2, 0.25) is 0 Å². The molecule has 2 saturated carbocycles. The second-order valence-electron chi connectivity index (χ2n) is 4.07. The Morgan fingerprint density at radius 2 is 2.25 bits per heavy atom. The molecule has 2 rings (SSSR count). The third kappa shape index (κ3) is 0.679. The van der Waals surface area contributed by atoms with Gasteiger partial charge in [-0.3, -0.25) is 0 Å². The zero-order valence-electron chi connectivity index (χ0n) is 7.55. The van der Waals surface area contributed by atoms with Crippen LogP contribution in [-0.4, -0.2) is 23.9 Å². The summed E-state index contributed by atoms with van der Waals surface area (Å²) in [5.74, 6) is 0. The average Bonchev–Trinajstić information content (AvgIpc) is 1.96. The molecule has 1 spiro atoms. The van der Waals surface area contributed by atoms with Gasteiger partial charge in [0.1, 0.15) is 0 Å². The molecular weight excluding hydrogens is 152 g/mol. The summed E-state index contributed by atoms with van der Waals surface area (Å²) < 4.78 is 5.33. The van der Waals surface area contributed by atoms with E-state index in [2.05, 4.69) is 6.58 Å². The van der Waals surface area contributed by atoms with Crippen LogP contribution >= 0.6 is 0 Å². The lowest BCUT2D eigenvalue weighted by Gasteiger charge is -2.64. The molecule has 1 N–H and O–H groups in total. The second-order valence-corrected chi connectivity index (χ2v) is 4.07. The number of ether oxygens (including phenoxy) is 1. The average molecular weight is 168 g/mol. The van der Waals surface area contributed by atoms with Gasteiger partial charge in [-0.2, -0.15) is 0 Å². The molecule has 0 bridgehead atoms. The lowest BCUT2D eigenvalue weighted by molar-refractivity contribution is -0.258. The van der Waals surface area contributed by atoms with E-state index in [4.69, 9.17) is 4.74 Å². The van der Waals surface area contributed by atoms with Gasteiger partial charge in [0, 0.05) is 18.9 Å². The van der Waals surface area contributed by atoms with Gasteiger partial charge in [-0.25, -0.2) is 0 Å². The third-order valence-electron chi connectivity index (χ3n) is 3.84. The first-order valence-corrected chi connectivity index (χ1v) is 4.57. The van der Waals surface area contributed by atoms with E-state index in [1.807, 2.05) is 0 Å². The highest BCUT2D eigenvalue weighted by Gasteiger charge is 2.66. The highest BCUT2D eigenvalue weighted by Crippen LogP contribution is 2.63. The second kappa shape index (κ2) is 2.33. The molecule has 68 valence electrons. The molecule has 2 nitrogen and oxygen atoms in total. The summed E-state index contributed by atoms with van der Waals surface area (Å²) in [5.41, 5.74) is -0.602. The molecular formula is C10H16O2. The van der Waals surface area contributed by atoms with Crippen molar-refractivity contribution in [2.75, 3.05) is 7.11 Å². The van der Waals surface area contributed by atoms with Crippen LogP contribution in [0.1, 0.15) is 25.7 Å². The van der Waals surface area contributed by atoms with Crippen molar-refractivity contribution < 1.29 is 9.84 Å². The maximum absolute atomic E-state index is 10.1. The number of aliphatic hydroxyl groups is 1. The summed E-state index contributed by atoms with van der Waals surface area (Å²) in [4.78, 5) is 0. The largest absolute Gasteiger partial charge is 0.385 e. The SMILES string of the molecule is C=CC1(O)CC(OC)C12CCC2. The van der Waals surface area contributed by atoms with E-state index in [1.165, 1.54) is 6.42 Å². The molecule has 2 aliphatic rings. The first kappa shape index (κ1) is 8.27. The lowest BCUT2D eigenvalue weighted by Crippen LogP contribution is -2.69. The fourth-order valence-corrected chi connectivity index (χ4v) is 2.74. The number of hydrogen-bond donors (Lipinski definition) is 1. The topological polar surface area (TPSA) is 29.5 Å². The standard InChI is InChI=1S/C10H16O2/c1-3-10(11)7-8(12-2)9(10)5-4-6-9/h3,8,11H,1,4-7H2,2H3. The Morgan fingerprint density at radius 3 is 2.58 bits per heavy atom. The van der Waals surface area contributed by atoms with E-state index < -0.39 is 5.60 Å². The van der Waals surface area contributed by atoms with Crippen molar-refractivity contribution in [3.63, 3.8) is 0 Å². The maximum atomic E-state index is 10.1. The summed E-state index contributed by atoms with van der Waals surface area (Å²) in [5, 5.41) is 10.1. The first-order chi connectivity index (χ1) is 5.68. The van der Waals surface area contributed by atoms with Gasteiger partial charge in [0.2, 0.25) is 0 Å². The van der Waals surface area contributed by atoms with Crippen LogP contribution in [0.15, 0.2) is 12.7 Å². The lowest BCUT2D eigenvalue weighted by atomic mass is 9.45. The molecule has 0 radical (unpaired) electrons. The van der Waals surface area contributed by atoms with E-state index in [-0.39, 0.29) is 11.5 Å². The predicted molar refractivity (Wildman–Crippen MR) is 46.8 cm³/mol. The van der Waals surface area contributed by atoms with Gasteiger partial charge in [0.15, 0.2) is 0 Å². The molecule has 2 heteroatoms. The van der Waals surface area contributed by atoms with Crippen molar-refractivity contribution in [3.8, 4) is 0 Å². The van der Waals surface area contributed by atoms with Crippen molar-refractivity contribution in [1.82, 2.24) is 0 Å². The van der Waals surface area contributed by atoms with Gasteiger partial charge in [0.05, 0.1) is 11.7 Å². The van der Waals surface area contributed by atoms with Crippen molar-refractivity contribution in [3.05, 3.63) is 12.7 Å². The first-order valence-electron chi connectivity index (χ1n) is 4.57. The number of hydrogen-bond acceptors (Lipinski definition) is 2. The molecule has 12 heavy (non-hydrogen) atoms. The Bertz CT molecular complexity index is 208. The Balaban J connectivity index is 2.18. The smallest absolute Gasteiger partial charge is 0.0930 e. The van der Waals surface area contributed by atoms with E-state index in [0.717, 1.165) is 19.3 Å². The Kier molecular flexibility index (Phi) is 1.61. The van der Waals surface area contributed by atoms with E-state index >= 15 is 0 Å². The minimum Gasteiger partial charge on any atom is -0.385 e. The van der Waals surface area contributed by atoms with E-state index in [1.54, 1.807) is 13.2 Å². The molecule has 2 unspecified atom stereocenters. The van der Waals surface area contributed by atoms with Gasteiger partial charge in [-0.15, -0.1) is 6.58 Å². The van der Waals surface area contributed by atoms with Crippen LogP contribution in [0.5, 0.6) is 0 Å². The normalized spacial score (nSPS) is 43.3. The number of rotatable bonds is 2. The summed E-state index contributed by atoms with van der Waals surface area (Å²) in [6, 6.07) is 0. The van der Waals surface area contributed by atoms with Gasteiger partial charge in [-0.1, -0.05) is 12.5 Å². The minimum absolute atomic E-state index is 0.0312. The summed E-state index contributed by atoms with van der Waals surface area (Å²) in [6.07, 6.45) is 6.08. The summed E-state index contributed by atoms with van der Waals surface area (Å²) >= 11 is 0. The van der Waals surface area contributed by atoms with E-state index in [0.29, 0.717) is 0 Å². The van der Waals surface area contributed by atoms with Crippen LogP contribution < -0.4 is 0 Å². The Hall–Kier alpha value is -0.340. The van der Waals surface area contributed by atoms with Gasteiger partial charge in [-0.05, 0) is 12.8 Å². The predicted octanol–water partition coefficient (Wildman–Crippen LogP) is 1.49. The van der Waals surface area contributed by atoms with Gasteiger partial charge in [0.25, 0.3) is 0 Å². The minimum atomic E-state index is -0.633. The summed E-state index contributed by atoms with van der Waals surface area (Å²) in [6.45, 7) is 3.69. The molecule has 0 heterocycles. The molecule has 0 aliphatic heterocycles.